The highest BCUT2D eigenvalue weighted by Crippen LogP contribution is 2.39. The number of hydrogen-bond acceptors (Lipinski definition) is 15. The van der Waals surface area contributed by atoms with E-state index in [1.54, 1.807) is 41.1 Å². The number of hydroxylamine groups is 1. The number of fused-ring (bicyclic) bond motifs is 16. The van der Waals surface area contributed by atoms with E-state index in [9.17, 15) is 39.3 Å². The molecule has 2 saturated heterocycles. The number of allylic oxidation sites excluding steroid dienone is 1. The number of ether oxygens (including phenoxy) is 5. The lowest BCUT2D eigenvalue weighted by Crippen LogP contribution is -2.61. The minimum absolute atomic E-state index is 0.0716. The first-order chi connectivity index (χ1) is 34.7. The standard InChI is InChI=1S/C57H84N2O14/c1-33-26-37(5)51(62)53(70-10)52(63)38(6)27-34(2)47(61)32-49(35(3)28-40-20-24-46(60)50(30-40)69-9)71-56(66)45-18-14-15-25-58(45)55(65)54(64)57(67)39(7)19-21-42(72-57)31-48(68-8)36(4)29-43-22-23-44(33)59(73-43)41-16-12-11-13-17-41/h11-13,16-17,22-23,27,29,33-35,37,39-40,42-46,48-50,52-53,60,63,67H,14-15,18-21,24-26,28,30-32H2,1-10H3/b36-29+,38-27+/t33-,34+,35+,37+,39?,40+,42-,43+,44-,45-,46-,48-,49-,50-,52+,53-,57+/m0/s1. The van der Waals surface area contributed by atoms with Crippen molar-refractivity contribution in [2.45, 2.75) is 192 Å². The molecule has 5 aliphatic heterocycles. The minimum atomic E-state index is -2.47. The summed E-state index contributed by atoms with van der Waals surface area (Å²) in [5.41, 5.74) is 2.00. The Bertz CT molecular complexity index is 2150. The van der Waals surface area contributed by atoms with E-state index in [-0.39, 0.29) is 67.3 Å². The Morgan fingerprint density at radius 2 is 1.55 bits per heavy atom. The van der Waals surface area contributed by atoms with Crippen molar-refractivity contribution in [1.82, 2.24) is 4.90 Å². The average molecular weight is 1020 g/mol. The number of carbonyl (C=O) groups excluding carboxylic acids is 5. The Balaban J connectivity index is 1.35. The largest absolute Gasteiger partial charge is 0.460 e. The van der Waals surface area contributed by atoms with Crippen molar-refractivity contribution in [3.05, 3.63) is 65.8 Å². The first kappa shape index (κ1) is 58.1. The van der Waals surface area contributed by atoms with Crippen molar-refractivity contribution in [2.75, 3.05) is 32.9 Å². The number of amides is 1. The fourth-order valence-corrected chi connectivity index (χ4v) is 11.8. The maximum Gasteiger partial charge on any atom is 0.329 e. The summed E-state index contributed by atoms with van der Waals surface area (Å²) < 4.78 is 29.9. The fraction of sp³-hybridized carbons (Fsp3) is 0.702. The van der Waals surface area contributed by atoms with E-state index in [4.69, 9.17) is 28.5 Å². The Morgan fingerprint density at radius 3 is 2.23 bits per heavy atom. The number of nitrogens with zero attached hydrogens (tertiary/aromatic N) is 2. The van der Waals surface area contributed by atoms with Gasteiger partial charge in [0, 0.05) is 58.5 Å². The third-order valence-corrected chi connectivity index (χ3v) is 16.5. The van der Waals surface area contributed by atoms with Gasteiger partial charge in [-0.3, -0.25) is 24.0 Å². The zero-order valence-corrected chi connectivity index (χ0v) is 44.9. The first-order valence-corrected chi connectivity index (χ1v) is 26.7. The molecule has 1 aromatic carbocycles. The van der Waals surface area contributed by atoms with Gasteiger partial charge < -0.3 is 43.9 Å². The SMILES string of the molecule is CO[C@H]1C[C@@H]2CCC(C)[C@@](O)(O2)C(=O)C(=O)N2CCCC[C@H]2C(=O)O[C@H]([C@H](C)C[C@H]2CC[C@H](O)[C@@H](OC)C2)CC(=O)[C@H](C)/C=C(\C)[C@@H](O)[C@@H](OC)C(=O)[C@H](C)C[C@H](C)[C@@H]2C=C[C@H](/C=C/1C)ON2c1ccccc1. The predicted molar refractivity (Wildman–Crippen MR) is 274 cm³/mol. The number of Topliss-reactive ketones (excluding diaryl/α,β-unsaturated/α-hetero) is 3. The number of rotatable bonds is 7. The van der Waals surface area contributed by atoms with Crippen LogP contribution in [0.4, 0.5) is 5.69 Å². The number of esters is 1. The van der Waals surface area contributed by atoms with Gasteiger partial charge >= 0.3 is 5.97 Å². The van der Waals surface area contributed by atoms with Gasteiger partial charge in [0.1, 0.15) is 36.2 Å². The third-order valence-electron chi connectivity index (χ3n) is 16.5. The molecule has 0 spiro atoms. The Kier molecular flexibility index (Phi) is 20.8. The summed E-state index contributed by atoms with van der Waals surface area (Å²) in [6.07, 6.45) is 6.48. The smallest absolute Gasteiger partial charge is 0.329 e. The summed E-state index contributed by atoms with van der Waals surface area (Å²) in [6, 6.07) is 8.24. The number of aliphatic hydroxyl groups excluding tert-OH is 2. The van der Waals surface area contributed by atoms with E-state index in [0.29, 0.717) is 63.4 Å². The van der Waals surface area contributed by atoms with Gasteiger partial charge in [-0.25, -0.2) is 9.86 Å². The molecule has 7 rings (SSSR count). The summed E-state index contributed by atoms with van der Waals surface area (Å²) in [6.45, 7) is 12.8. The van der Waals surface area contributed by atoms with Crippen molar-refractivity contribution in [1.29, 1.82) is 0 Å². The second-order valence-corrected chi connectivity index (χ2v) is 21.9. The van der Waals surface area contributed by atoms with E-state index in [1.807, 2.05) is 68.3 Å². The zero-order valence-electron chi connectivity index (χ0n) is 44.9. The molecule has 4 bridgehead atoms. The van der Waals surface area contributed by atoms with Crippen molar-refractivity contribution < 1.29 is 67.8 Å². The average Bonchev–Trinajstić information content (AvgIpc) is 3.38. The Hall–Kier alpha value is -4.13. The lowest BCUT2D eigenvalue weighted by molar-refractivity contribution is -0.265. The lowest BCUT2D eigenvalue weighted by Gasteiger charge is -2.43. The Morgan fingerprint density at radius 1 is 0.822 bits per heavy atom. The fourth-order valence-electron chi connectivity index (χ4n) is 11.8. The van der Waals surface area contributed by atoms with Crippen LogP contribution in [0.25, 0.3) is 0 Å². The van der Waals surface area contributed by atoms with Crippen LogP contribution in [-0.4, -0.2) is 144 Å². The monoisotopic (exact) mass is 1020 g/mol. The van der Waals surface area contributed by atoms with E-state index < -0.39 is 90.0 Å². The van der Waals surface area contributed by atoms with Crippen molar-refractivity contribution in [2.24, 2.45) is 35.5 Å². The molecule has 6 aliphatic rings. The van der Waals surface area contributed by atoms with Crippen molar-refractivity contribution in [3.8, 4) is 0 Å². The first-order valence-electron chi connectivity index (χ1n) is 26.7. The van der Waals surface area contributed by atoms with Gasteiger partial charge in [-0.15, -0.1) is 0 Å². The molecule has 16 heteroatoms. The summed E-state index contributed by atoms with van der Waals surface area (Å²) in [5, 5.41) is 36.2. The molecule has 5 heterocycles. The molecule has 3 fully saturated rings. The van der Waals surface area contributed by atoms with E-state index in [0.717, 1.165) is 11.3 Å². The van der Waals surface area contributed by atoms with Crippen molar-refractivity contribution in [3.63, 3.8) is 0 Å². The molecule has 17 atom stereocenters. The number of methoxy groups -OCH3 is 3. The van der Waals surface area contributed by atoms with Crippen LogP contribution >= 0.6 is 0 Å². The number of para-hydroxylation sites is 1. The normalized spacial score (nSPS) is 39.2. The quantitative estimate of drug-likeness (QED) is 0.146. The molecule has 0 radical (unpaired) electrons. The molecule has 0 aromatic heterocycles. The highest BCUT2D eigenvalue weighted by Gasteiger charge is 2.53. The molecule has 406 valence electrons. The molecule has 1 aromatic rings. The third kappa shape index (κ3) is 14.0. The molecule has 73 heavy (non-hydrogen) atoms. The van der Waals surface area contributed by atoms with Gasteiger partial charge in [-0.1, -0.05) is 71.0 Å². The van der Waals surface area contributed by atoms with Crippen LogP contribution in [0.5, 0.6) is 0 Å². The van der Waals surface area contributed by atoms with E-state index in [2.05, 4.69) is 13.0 Å². The Labute approximate surface area is 432 Å². The van der Waals surface area contributed by atoms with Crippen LogP contribution in [0, 0.1) is 35.5 Å². The zero-order chi connectivity index (χ0) is 53.3. The summed E-state index contributed by atoms with van der Waals surface area (Å²) in [7, 11) is 4.53. The molecule has 16 nitrogen and oxygen atoms in total. The number of piperidine rings is 1. The van der Waals surface area contributed by atoms with Gasteiger partial charge in [0.2, 0.25) is 5.79 Å². The highest BCUT2D eigenvalue weighted by atomic mass is 16.7. The topological polar surface area (TPSA) is 208 Å². The lowest BCUT2D eigenvalue weighted by atomic mass is 9.78. The number of anilines is 1. The van der Waals surface area contributed by atoms with Crippen LogP contribution in [0.1, 0.15) is 126 Å². The van der Waals surface area contributed by atoms with E-state index in [1.165, 1.54) is 12.0 Å². The van der Waals surface area contributed by atoms with E-state index >= 15 is 0 Å². The van der Waals surface area contributed by atoms with Crippen LogP contribution in [0.2, 0.25) is 0 Å². The van der Waals surface area contributed by atoms with Crippen LogP contribution in [-0.2, 0) is 52.5 Å². The predicted octanol–water partition coefficient (Wildman–Crippen LogP) is 6.81. The molecule has 1 aliphatic carbocycles. The summed E-state index contributed by atoms with van der Waals surface area (Å²) >= 11 is 0. The van der Waals surface area contributed by atoms with Gasteiger partial charge in [0.05, 0.1) is 36.1 Å². The highest BCUT2D eigenvalue weighted by molar-refractivity contribution is 6.39. The molecular formula is C57H84N2O14. The molecular weight excluding hydrogens is 937 g/mol. The van der Waals surface area contributed by atoms with Gasteiger partial charge in [-0.2, -0.15) is 0 Å². The number of ketones is 3. The van der Waals surface area contributed by atoms with Crippen LogP contribution in [0.15, 0.2) is 65.8 Å². The van der Waals surface area contributed by atoms with Gasteiger partial charge in [0.25, 0.3) is 11.7 Å². The second-order valence-electron chi connectivity index (χ2n) is 21.9. The van der Waals surface area contributed by atoms with Crippen molar-refractivity contribution >= 4 is 34.9 Å². The number of hydrogen-bond donors (Lipinski definition) is 3. The second kappa shape index (κ2) is 26.1. The van der Waals surface area contributed by atoms with Crippen LogP contribution < -0.4 is 5.06 Å². The maximum absolute atomic E-state index is 14.5. The summed E-state index contributed by atoms with van der Waals surface area (Å²) in [4.78, 5) is 79.7. The number of benzene rings is 1. The van der Waals surface area contributed by atoms with Gasteiger partial charge in [0.15, 0.2) is 5.78 Å². The summed E-state index contributed by atoms with van der Waals surface area (Å²) in [5.74, 6) is -8.42. The minimum Gasteiger partial charge on any atom is -0.460 e. The maximum atomic E-state index is 14.5. The number of aliphatic hydroxyl groups is 3. The molecule has 3 N–H and O–H groups in total. The number of carbonyl (C=O) groups is 5. The molecule has 1 amide bonds. The van der Waals surface area contributed by atoms with Crippen LogP contribution in [0.3, 0.4) is 0 Å². The molecule has 1 unspecified atom stereocenters. The molecule has 1 saturated carbocycles. The van der Waals surface area contributed by atoms with Gasteiger partial charge in [-0.05, 0) is 125 Å².